The SMILES string of the molecule is Cn1nc(C(F)(F)F)cc1S(=O)(=O)N1CCC2(CC1)C[C@H](N1CCOCC1)CO2. The van der Waals surface area contributed by atoms with E-state index in [1.807, 2.05) is 0 Å². The van der Waals surface area contributed by atoms with E-state index in [2.05, 4.69) is 10.00 Å². The van der Waals surface area contributed by atoms with Crippen molar-refractivity contribution in [1.82, 2.24) is 19.0 Å². The summed E-state index contributed by atoms with van der Waals surface area (Å²) in [6.45, 7) is 4.19. The molecule has 1 atom stereocenters. The van der Waals surface area contributed by atoms with E-state index < -0.39 is 26.9 Å². The number of hydrogen-bond acceptors (Lipinski definition) is 6. The van der Waals surface area contributed by atoms with E-state index in [0.29, 0.717) is 44.8 Å². The van der Waals surface area contributed by atoms with Gasteiger partial charge in [0.2, 0.25) is 0 Å². The molecule has 3 fully saturated rings. The van der Waals surface area contributed by atoms with Crippen molar-refractivity contribution in [3.63, 3.8) is 0 Å². The summed E-state index contributed by atoms with van der Waals surface area (Å²) in [7, 11) is -2.85. The molecule has 0 N–H and O–H groups in total. The lowest BCUT2D eigenvalue weighted by Crippen LogP contribution is -2.48. The molecule has 164 valence electrons. The van der Waals surface area contributed by atoms with Gasteiger partial charge in [0.05, 0.1) is 25.4 Å². The number of piperidine rings is 1. The topological polar surface area (TPSA) is 76.9 Å². The van der Waals surface area contributed by atoms with Gasteiger partial charge in [0.15, 0.2) is 10.7 Å². The minimum Gasteiger partial charge on any atom is -0.379 e. The van der Waals surface area contributed by atoms with Crippen LogP contribution in [-0.4, -0.2) is 85.0 Å². The minimum absolute atomic E-state index is 0.213. The number of ether oxygens (including phenoxy) is 2. The lowest BCUT2D eigenvalue weighted by atomic mass is 9.88. The highest BCUT2D eigenvalue weighted by atomic mass is 32.2. The maximum absolute atomic E-state index is 12.9. The fourth-order valence-electron chi connectivity index (χ4n) is 4.44. The summed E-state index contributed by atoms with van der Waals surface area (Å²) < 4.78 is 78.0. The van der Waals surface area contributed by atoms with Gasteiger partial charge in [-0.15, -0.1) is 0 Å². The van der Waals surface area contributed by atoms with Gasteiger partial charge >= 0.3 is 6.18 Å². The molecule has 4 heterocycles. The van der Waals surface area contributed by atoms with E-state index in [1.165, 1.54) is 11.4 Å². The van der Waals surface area contributed by atoms with E-state index in [-0.39, 0.29) is 18.7 Å². The van der Waals surface area contributed by atoms with Crippen LogP contribution in [0.25, 0.3) is 0 Å². The van der Waals surface area contributed by atoms with Crippen LogP contribution in [0.1, 0.15) is 25.0 Å². The van der Waals surface area contributed by atoms with Gasteiger partial charge < -0.3 is 9.47 Å². The number of hydrogen-bond donors (Lipinski definition) is 0. The Labute approximate surface area is 167 Å². The Morgan fingerprint density at radius 3 is 2.41 bits per heavy atom. The third-order valence-corrected chi connectivity index (χ3v) is 8.07. The second-order valence-electron chi connectivity index (χ2n) is 7.89. The normalized spacial score (nSPS) is 27.0. The zero-order valence-electron chi connectivity index (χ0n) is 16.2. The Morgan fingerprint density at radius 1 is 1.17 bits per heavy atom. The van der Waals surface area contributed by atoms with Crippen molar-refractivity contribution in [2.45, 2.75) is 42.1 Å². The molecule has 0 amide bonds. The highest BCUT2D eigenvalue weighted by Crippen LogP contribution is 2.39. The lowest BCUT2D eigenvalue weighted by Gasteiger charge is -2.38. The number of sulfonamides is 1. The average molecular weight is 438 g/mol. The largest absolute Gasteiger partial charge is 0.435 e. The summed E-state index contributed by atoms with van der Waals surface area (Å²) >= 11 is 0. The van der Waals surface area contributed by atoms with Crippen LogP contribution in [0.4, 0.5) is 13.2 Å². The van der Waals surface area contributed by atoms with Crippen LogP contribution in [0.2, 0.25) is 0 Å². The van der Waals surface area contributed by atoms with Gasteiger partial charge in [-0.3, -0.25) is 9.58 Å². The molecule has 1 spiro atoms. The van der Waals surface area contributed by atoms with Crippen molar-refractivity contribution >= 4 is 10.0 Å². The fourth-order valence-corrected chi connectivity index (χ4v) is 6.01. The van der Waals surface area contributed by atoms with Crippen LogP contribution in [0.3, 0.4) is 0 Å². The van der Waals surface area contributed by atoms with E-state index in [9.17, 15) is 21.6 Å². The zero-order valence-corrected chi connectivity index (χ0v) is 17.0. The summed E-state index contributed by atoms with van der Waals surface area (Å²) in [6.07, 6.45) is -2.80. The van der Waals surface area contributed by atoms with Gasteiger partial charge in [-0.05, 0) is 19.3 Å². The molecule has 29 heavy (non-hydrogen) atoms. The quantitative estimate of drug-likeness (QED) is 0.703. The van der Waals surface area contributed by atoms with Crippen LogP contribution in [0, 0.1) is 0 Å². The van der Waals surface area contributed by atoms with Crippen molar-refractivity contribution in [3.8, 4) is 0 Å². The first-order valence-corrected chi connectivity index (χ1v) is 11.1. The number of aromatic nitrogens is 2. The molecule has 0 unspecified atom stereocenters. The predicted molar refractivity (Wildman–Crippen MR) is 95.7 cm³/mol. The Balaban J connectivity index is 1.42. The summed E-state index contributed by atoms with van der Waals surface area (Å²) in [5.41, 5.74) is -1.57. The van der Waals surface area contributed by atoms with Crippen molar-refractivity contribution in [3.05, 3.63) is 11.8 Å². The smallest absolute Gasteiger partial charge is 0.379 e. The summed E-state index contributed by atoms with van der Waals surface area (Å²) in [5, 5.41) is 2.88. The van der Waals surface area contributed by atoms with Gasteiger partial charge in [0, 0.05) is 45.3 Å². The van der Waals surface area contributed by atoms with Gasteiger partial charge in [0.25, 0.3) is 10.0 Å². The van der Waals surface area contributed by atoms with Crippen molar-refractivity contribution in [2.75, 3.05) is 46.0 Å². The summed E-state index contributed by atoms with van der Waals surface area (Å²) in [6, 6.07) is 0.897. The average Bonchev–Trinajstić information content (AvgIpc) is 3.27. The number of rotatable bonds is 3. The fraction of sp³-hybridized carbons (Fsp3) is 0.824. The summed E-state index contributed by atoms with van der Waals surface area (Å²) in [4.78, 5) is 2.36. The molecule has 0 aromatic carbocycles. The van der Waals surface area contributed by atoms with E-state index in [0.717, 1.165) is 24.2 Å². The number of nitrogens with zero attached hydrogens (tertiary/aromatic N) is 4. The number of aryl methyl sites for hydroxylation is 1. The molecule has 3 aliphatic rings. The van der Waals surface area contributed by atoms with Crippen molar-refractivity contribution in [1.29, 1.82) is 0 Å². The molecule has 0 aliphatic carbocycles. The molecule has 3 aliphatic heterocycles. The number of halogens is 3. The maximum Gasteiger partial charge on any atom is 0.435 e. The Hall–Kier alpha value is -1.21. The third kappa shape index (κ3) is 4.05. The second kappa shape index (κ2) is 7.49. The van der Waals surface area contributed by atoms with Crippen molar-refractivity contribution < 1.29 is 31.1 Å². The first kappa shape index (κ1) is 21.0. The van der Waals surface area contributed by atoms with Crippen molar-refractivity contribution in [2.24, 2.45) is 7.05 Å². The number of alkyl halides is 3. The summed E-state index contributed by atoms with van der Waals surface area (Å²) in [5.74, 6) is 0. The number of morpholine rings is 1. The second-order valence-corrected chi connectivity index (χ2v) is 9.78. The molecule has 0 bridgehead atoms. The third-order valence-electron chi connectivity index (χ3n) is 6.12. The molecule has 0 saturated carbocycles. The highest BCUT2D eigenvalue weighted by Gasteiger charge is 2.47. The van der Waals surface area contributed by atoms with E-state index in [4.69, 9.17) is 9.47 Å². The van der Waals surface area contributed by atoms with E-state index in [1.54, 1.807) is 0 Å². The molecule has 4 rings (SSSR count). The van der Waals surface area contributed by atoms with Crippen LogP contribution >= 0.6 is 0 Å². The van der Waals surface area contributed by atoms with E-state index >= 15 is 0 Å². The van der Waals surface area contributed by atoms with Crippen LogP contribution in [0.15, 0.2) is 11.1 Å². The van der Waals surface area contributed by atoms with Crippen LogP contribution < -0.4 is 0 Å². The monoisotopic (exact) mass is 438 g/mol. The molecule has 0 radical (unpaired) electrons. The zero-order chi connectivity index (χ0) is 20.9. The molecule has 12 heteroatoms. The van der Waals surface area contributed by atoms with Gasteiger partial charge in [-0.1, -0.05) is 0 Å². The highest BCUT2D eigenvalue weighted by molar-refractivity contribution is 7.89. The molecule has 1 aromatic rings. The van der Waals surface area contributed by atoms with Crippen LogP contribution in [0.5, 0.6) is 0 Å². The molecule has 3 saturated heterocycles. The van der Waals surface area contributed by atoms with Gasteiger partial charge in [-0.25, -0.2) is 8.42 Å². The first-order valence-electron chi connectivity index (χ1n) is 9.68. The van der Waals surface area contributed by atoms with Gasteiger partial charge in [-0.2, -0.15) is 22.6 Å². The van der Waals surface area contributed by atoms with Gasteiger partial charge in [0.1, 0.15) is 0 Å². The molecule has 8 nitrogen and oxygen atoms in total. The first-order chi connectivity index (χ1) is 13.6. The molecule has 1 aromatic heterocycles. The predicted octanol–water partition coefficient (Wildman–Crippen LogP) is 1.08. The minimum atomic E-state index is -4.69. The molecular formula is C17H25F3N4O4S. The lowest BCUT2D eigenvalue weighted by molar-refractivity contribution is -0.141. The Bertz CT molecular complexity index is 843. The van der Waals surface area contributed by atoms with Crippen LogP contribution in [-0.2, 0) is 32.7 Å². The standard InChI is InChI=1S/C17H25F3N4O4S/c1-22-15(10-14(21-22)17(18,19)20)29(25,26)24-4-2-16(3-5-24)11-13(12-28-16)23-6-8-27-9-7-23/h10,13H,2-9,11-12H2,1H3/t13-/m0/s1. The Kier molecular flexibility index (Phi) is 5.43. The Morgan fingerprint density at radius 2 is 1.83 bits per heavy atom. The molecular weight excluding hydrogens is 413 g/mol. The maximum atomic E-state index is 12.9.